The van der Waals surface area contributed by atoms with Gasteiger partial charge in [-0.15, -0.1) is 11.6 Å². The number of alkyl halides is 6. The summed E-state index contributed by atoms with van der Waals surface area (Å²) in [5.41, 5.74) is -0.709. The fourth-order valence-corrected chi connectivity index (χ4v) is 2.34. The van der Waals surface area contributed by atoms with Crippen LogP contribution in [-0.4, -0.2) is 21.7 Å². The molecule has 0 amide bonds. The average Bonchev–Trinajstić information content (AvgIpc) is 2.10. The topological polar surface area (TPSA) is 17.1 Å². The lowest BCUT2D eigenvalue weighted by atomic mass is 9.59. The first-order valence-corrected chi connectivity index (χ1v) is 5.73. The van der Waals surface area contributed by atoms with E-state index in [4.69, 9.17) is 34.8 Å². The summed E-state index contributed by atoms with van der Waals surface area (Å²) < 4.78 is 34.4. The number of carbonyl (C=O) groups is 1. The summed E-state index contributed by atoms with van der Waals surface area (Å²) in [6.45, 7) is 3.24. The number of hydrogen-bond acceptors (Lipinski definition) is 1. The molecule has 0 bridgehead atoms. The Morgan fingerprint density at radius 3 is 2.06 bits per heavy atom. The van der Waals surface area contributed by atoms with Gasteiger partial charge in [-0.05, 0) is 11.8 Å². The number of hydrogen-bond donors (Lipinski definition) is 0. The second-order valence-corrected chi connectivity index (χ2v) is 6.47. The van der Waals surface area contributed by atoms with Crippen molar-refractivity contribution in [2.75, 3.05) is 0 Å². The van der Waals surface area contributed by atoms with Crippen LogP contribution in [0.1, 0.15) is 20.3 Å². The number of carbonyl (C=O) groups excluding carboxylic acids is 1. The fourth-order valence-electron chi connectivity index (χ4n) is 1.73. The van der Waals surface area contributed by atoms with Gasteiger partial charge < -0.3 is 0 Å². The van der Waals surface area contributed by atoms with Crippen molar-refractivity contribution in [1.82, 2.24) is 0 Å². The number of rotatable bonds is 2. The van der Waals surface area contributed by atoms with Gasteiger partial charge in [-0.3, -0.25) is 4.79 Å². The monoisotopic (exact) mass is 296 g/mol. The van der Waals surface area contributed by atoms with Crippen LogP contribution < -0.4 is 0 Å². The van der Waals surface area contributed by atoms with Gasteiger partial charge in [-0.1, -0.05) is 37.0 Å². The molecule has 0 radical (unpaired) electrons. The standard InChI is InChI=1S/C9H10Cl3F3O/c1-7(2)4(5(16)6(7)10)3-8(11,12)9(13,14)15/h4,6H,3H2,1-2H3/t4-,6-/m1/s1. The zero-order valence-electron chi connectivity index (χ0n) is 8.54. The van der Waals surface area contributed by atoms with Crippen LogP contribution in [0.15, 0.2) is 0 Å². The van der Waals surface area contributed by atoms with E-state index >= 15 is 0 Å². The molecule has 1 nitrogen and oxygen atoms in total. The van der Waals surface area contributed by atoms with Crippen molar-refractivity contribution in [3.8, 4) is 0 Å². The van der Waals surface area contributed by atoms with Crippen LogP contribution in [0.25, 0.3) is 0 Å². The van der Waals surface area contributed by atoms with Gasteiger partial charge in [-0.25, -0.2) is 0 Å². The van der Waals surface area contributed by atoms with Crippen LogP contribution in [0.4, 0.5) is 13.2 Å². The first-order chi connectivity index (χ1) is 6.91. The lowest BCUT2D eigenvalue weighted by Crippen LogP contribution is -2.58. The molecular weight excluding hydrogens is 287 g/mol. The van der Waals surface area contributed by atoms with Gasteiger partial charge >= 0.3 is 6.18 Å². The Balaban J connectivity index is 2.81. The Morgan fingerprint density at radius 1 is 1.31 bits per heavy atom. The van der Waals surface area contributed by atoms with Crippen LogP contribution in [0.5, 0.6) is 0 Å². The van der Waals surface area contributed by atoms with Crippen LogP contribution in [0.3, 0.4) is 0 Å². The maximum absolute atomic E-state index is 12.4. The Bertz CT molecular complexity index is 312. The van der Waals surface area contributed by atoms with Gasteiger partial charge in [-0.2, -0.15) is 13.2 Å². The first-order valence-electron chi connectivity index (χ1n) is 4.53. The lowest BCUT2D eigenvalue weighted by molar-refractivity contribution is -0.157. The minimum Gasteiger partial charge on any atom is -0.298 e. The van der Waals surface area contributed by atoms with Crippen LogP contribution in [0.2, 0.25) is 0 Å². The van der Waals surface area contributed by atoms with Crippen molar-refractivity contribution in [3.63, 3.8) is 0 Å². The van der Waals surface area contributed by atoms with Crippen LogP contribution in [0, 0.1) is 11.3 Å². The summed E-state index contributed by atoms with van der Waals surface area (Å²) in [5.74, 6) is -1.28. The number of Topliss-reactive ketones (excluding diaryl/α,β-unsaturated/α-hetero) is 1. The molecule has 1 saturated carbocycles. The highest BCUT2D eigenvalue weighted by Crippen LogP contribution is 2.54. The van der Waals surface area contributed by atoms with Gasteiger partial charge in [0.25, 0.3) is 0 Å². The minimum absolute atomic E-state index is 0.429. The molecule has 2 atom stereocenters. The van der Waals surface area contributed by atoms with Crippen molar-refractivity contribution in [1.29, 1.82) is 0 Å². The highest BCUT2D eigenvalue weighted by atomic mass is 35.5. The van der Waals surface area contributed by atoms with Crippen LogP contribution in [-0.2, 0) is 4.79 Å². The van der Waals surface area contributed by atoms with E-state index in [1.807, 2.05) is 0 Å². The Morgan fingerprint density at radius 2 is 1.75 bits per heavy atom. The molecule has 1 fully saturated rings. The zero-order chi connectivity index (χ0) is 12.9. The van der Waals surface area contributed by atoms with Crippen LogP contribution >= 0.6 is 34.8 Å². The van der Waals surface area contributed by atoms with Gasteiger partial charge in [0.2, 0.25) is 4.33 Å². The molecule has 0 aromatic carbocycles. The van der Waals surface area contributed by atoms with E-state index in [-0.39, 0.29) is 0 Å². The Hall–Kier alpha value is 0.330. The van der Waals surface area contributed by atoms with E-state index in [9.17, 15) is 18.0 Å². The Labute approximate surface area is 106 Å². The second kappa shape index (κ2) is 3.92. The summed E-state index contributed by atoms with van der Waals surface area (Å²) in [6.07, 6.45) is -5.42. The predicted octanol–water partition coefficient (Wildman–Crippen LogP) is 3.95. The molecule has 1 aliphatic carbocycles. The minimum atomic E-state index is -4.76. The third kappa shape index (κ3) is 2.16. The van der Waals surface area contributed by atoms with Crippen molar-refractivity contribution in [3.05, 3.63) is 0 Å². The molecule has 0 heterocycles. The summed E-state index contributed by atoms with van der Waals surface area (Å²) in [4.78, 5) is 11.4. The molecule has 0 aromatic rings. The molecule has 0 spiro atoms. The fraction of sp³-hybridized carbons (Fsp3) is 0.889. The van der Waals surface area contributed by atoms with Crippen molar-refractivity contribution >= 4 is 40.6 Å². The molecule has 1 aliphatic rings. The molecule has 0 N–H and O–H groups in total. The summed E-state index contributed by atoms with van der Waals surface area (Å²) in [7, 11) is 0. The third-order valence-electron chi connectivity index (χ3n) is 3.02. The molecule has 0 aromatic heterocycles. The molecule has 1 rings (SSSR count). The molecule has 0 saturated heterocycles. The average molecular weight is 298 g/mol. The normalized spacial score (nSPS) is 30.1. The van der Waals surface area contributed by atoms with Gasteiger partial charge in [0.05, 0.1) is 5.38 Å². The molecule has 0 aliphatic heterocycles. The van der Waals surface area contributed by atoms with Gasteiger partial charge in [0.1, 0.15) is 0 Å². The van der Waals surface area contributed by atoms with E-state index in [2.05, 4.69) is 0 Å². The highest BCUT2D eigenvalue weighted by Gasteiger charge is 2.62. The maximum atomic E-state index is 12.4. The number of halogens is 6. The summed E-state index contributed by atoms with van der Waals surface area (Å²) in [5, 5.41) is -0.769. The lowest BCUT2D eigenvalue weighted by Gasteiger charge is -2.48. The summed E-state index contributed by atoms with van der Waals surface area (Å²) in [6, 6.07) is 0. The number of ketones is 1. The quantitative estimate of drug-likeness (QED) is 0.705. The largest absolute Gasteiger partial charge is 0.421 e. The highest BCUT2D eigenvalue weighted by molar-refractivity contribution is 6.49. The van der Waals surface area contributed by atoms with E-state index < -0.39 is 39.4 Å². The summed E-state index contributed by atoms with van der Waals surface area (Å²) >= 11 is 16.1. The smallest absolute Gasteiger partial charge is 0.298 e. The molecule has 16 heavy (non-hydrogen) atoms. The van der Waals surface area contributed by atoms with Crippen molar-refractivity contribution in [2.45, 2.75) is 36.2 Å². The van der Waals surface area contributed by atoms with Gasteiger partial charge in [0, 0.05) is 5.92 Å². The third-order valence-corrected chi connectivity index (χ3v) is 4.53. The molecular formula is C9H10Cl3F3O. The molecule has 94 valence electrons. The van der Waals surface area contributed by atoms with E-state index in [1.165, 1.54) is 0 Å². The first kappa shape index (κ1) is 14.4. The molecule has 7 heteroatoms. The van der Waals surface area contributed by atoms with E-state index in [0.29, 0.717) is 0 Å². The molecule has 0 unspecified atom stereocenters. The second-order valence-electron chi connectivity index (χ2n) is 4.55. The zero-order valence-corrected chi connectivity index (χ0v) is 10.8. The Kier molecular flexibility index (Phi) is 3.53. The predicted molar refractivity (Wildman–Crippen MR) is 57.0 cm³/mol. The SMILES string of the molecule is CC1(C)[C@H](Cl)C(=O)[C@H]1CC(Cl)(Cl)C(F)(F)F. The maximum Gasteiger partial charge on any atom is 0.421 e. The van der Waals surface area contributed by atoms with Crippen molar-refractivity contribution in [2.24, 2.45) is 11.3 Å². The van der Waals surface area contributed by atoms with E-state index in [1.54, 1.807) is 13.8 Å². The van der Waals surface area contributed by atoms with Gasteiger partial charge in [0.15, 0.2) is 5.78 Å². The van der Waals surface area contributed by atoms with E-state index in [0.717, 1.165) is 0 Å². The van der Waals surface area contributed by atoms with Crippen molar-refractivity contribution < 1.29 is 18.0 Å².